The quantitative estimate of drug-likeness (QED) is 0.830. The molecular formula is C10H9BrN2O. The van der Waals surface area contributed by atoms with Crippen LogP contribution in [-0.4, -0.2) is 10.5 Å². The van der Waals surface area contributed by atoms with E-state index in [1.54, 1.807) is 6.20 Å². The number of hydrogen-bond acceptors (Lipinski definition) is 1. The average molecular weight is 253 g/mol. The molecule has 4 heteroatoms. The molecule has 2 N–H and O–H groups in total. The Morgan fingerprint density at radius 1 is 1.50 bits per heavy atom. The summed E-state index contributed by atoms with van der Waals surface area (Å²) in [6.07, 6.45) is 1.75. The maximum absolute atomic E-state index is 11.1. The molecule has 2 rings (SSSR count). The van der Waals surface area contributed by atoms with Crippen molar-refractivity contribution in [2.45, 2.75) is 0 Å². The zero-order valence-corrected chi connectivity index (χ0v) is 9.21. The van der Waals surface area contributed by atoms with Crippen LogP contribution >= 0.6 is 15.9 Å². The first-order valence-electron chi connectivity index (χ1n) is 4.14. The molecule has 0 fully saturated rings. The zero-order chi connectivity index (χ0) is 10.3. The van der Waals surface area contributed by atoms with Crippen LogP contribution < -0.4 is 5.73 Å². The highest BCUT2D eigenvalue weighted by molar-refractivity contribution is 9.10. The van der Waals surface area contributed by atoms with Crippen LogP contribution in [0.4, 0.5) is 0 Å². The summed E-state index contributed by atoms with van der Waals surface area (Å²) in [7, 11) is 1.89. The molecule has 0 radical (unpaired) electrons. The highest BCUT2D eigenvalue weighted by Crippen LogP contribution is 2.23. The van der Waals surface area contributed by atoms with Gasteiger partial charge in [-0.25, -0.2) is 0 Å². The summed E-state index contributed by atoms with van der Waals surface area (Å²) in [5.74, 6) is -0.391. The molecule has 2 aromatic rings. The minimum Gasteiger partial charge on any atom is -0.366 e. The molecule has 1 heterocycles. The number of carbonyl (C=O) groups is 1. The lowest BCUT2D eigenvalue weighted by Crippen LogP contribution is -2.09. The molecule has 0 aliphatic heterocycles. The summed E-state index contributed by atoms with van der Waals surface area (Å²) in [6.45, 7) is 0. The lowest BCUT2D eigenvalue weighted by molar-refractivity contribution is 0.100. The van der Waals surface area contributed by atoms with E-state index in [4.69, 9.17) is 5.73 Å². The van der Waals surface area contributed by atoms with Crippen LogP contribution in [0.1, 0.15) is 10.4 Å². The number of fused-ring (bicyclic) bond motifs is 1. The van der Waals surface area contributed by atoms with Gasteiger partial charge in [0.25, 0.3) is 5.91 Å². The van der Waals surface area contributed by atoms with Crippen LogP contribution in [0.2, 0.25) is 0 Å². The number of aryl methyl sites for hydroxylation is 1. The molecule has 0 unspecified atom stereocenters. The number of carbonyl (C=O) groups excluding carboxylic acids is 1. The van der Waals surface area contributed by atoms with Crippen LogP contribution in [0.5, 0.6) is 0 Å². The summed E-state index contributed by atoms with van der Waals surface area (Å²) < 4.78 is 2.88. The van der Waals surface area contributed by atoms with Gasteiger partial charge in [0.1, 0.15) is 0 Å². The number of rotatable bonds is 1. The van der Waals surface area contributed by atoms with E-state index < -0.39 is 5.91 Å². The number of primary amides is 1. The molecule has 1 amide bonds. The van der Waals surface area contributed by atoms with Gasteiger partial charge in [-0.2, -0.15) is 0 Å². The van der Waals surface area contributed by atoms with Gasteiger partial charge < -0.3 is 10.3 Å². The normalized spacial score (nSPS) is 10.7. The fourth-order valence-electron chi connectivity index (χ4n) is 1.55. The number of hydrogen-bond donors (Lipinski definition) is 1. The smallest absolute Gasteiger partial charge is 0.250 e. The predicted octanol–water partition coefficient (Wildman–Crippen LogP) is 2.04. The SMILES string of the molecule is Cn1cc(C(N)=O)c2ccc(Br)cc21. The number of amides is 1. The first-order chi connectivity index (χ1) is 6.59. The molecule has 0 aliphatic carbocycles. The second kappa shape index (κ2) is 3.13. The van der Waals surface area contributed by atoms with Crippen LogP contribution in [0.3, 0.4) is 0 Å². The van der Waals surface area contributed by atoms with Crippen LogP contribution in [0.15, 0.2) is 28.9 Å². The minimum atomic E-state index is -0.391. The van der Waals surface area contributed by atoms with E-state index >= 15 is 0 Å². The van der Waals surface area contributed by atoms with Gasteiger partial charge in [0.2, 0.25) is 0 Å². The molecule has 0 spiro atoms. The highest BCUT2D eigenvalue weighted by Gasteiger charge is 2.10. The summed E-state index contributed by atoms with van der Waals surface area (Å²) in [4.78, 5) is 11.1. The number of nitrogens with two attached hydrogens (primary N) is 1. The third kappa shape index (κ3) is 1.32. The van der Waals surface area contributed by atoms with Crippen molar-refractivity contribution >= 4 is 32.7 Å². The van der Waals surface area contributed by atoms with Crippen molar-refractivity contribution in [1.29, 1.82) is 0 Å². The molecule has 72 valence electrons. The van der Waals surface area contributed by atoms with E-state index in [9.17, 15) is 4.79 Å². The summed E-state index contributed by atoms with van der Waals surface area (Å²) in [6, 6.07) is 5.75. The topological polar surface area (TPSA) is 48.0 Å². The highest BCUT2D eigenvalue weighted by atomic mass is 79.9. The van der Waals surface area contributed by atoms with Crippen molar-refractivity contribution in [3.05, 3.63) is 34.4 Å². The van der Waals surface area contributed by atoms with Crippen molar-refractivity contribution in [2.24, 2.45) is 12.8 Å². The van der Waals surface area contributed by atoms with Gasteiger partial charge in [0.15, 0.2) is 0 Å². The Labute approximate surface area is 89.6 Å². The molecule has 0 aliphatic rings. The molecule has 14 heavy (non-hydrogen) atoms. The maximum atomic E-state index is 11.1. The fourth-order valence-corrected chi connectivity index (χ4v) is 1.90. The Kier molecular flexibility index (Phi) is 2.07. The molecular weight excluding hydrogens is 244 g/mol. The van der Waals surface area contributed by atoms with Crippen molar-refractivity contribution in [2.75, 3.05) is 0 Å². The Morgan fingerprint density at radius 2 is 2.21 bits per heavy atom. The molecule has 0 bridgehead atoms. The Hall–Kier alpha value is -1.29. The summed E-state index contributed by atoms with van der Waals surface area (Å²) >= 11 is 3.38. The minimum absolute atomic E-state index is 0.391. The van der Waals surface area contributed by atoms with Gasteiger partial charge in [-0.05, 0) is 12.1 Å². The molecule has 1 aromatic heterocycles. The van der Waals surface area contributed by atoms with Gasteiger partial charge in [0, 0.05) is 28.6 Å². The largest absolute Gasteiger partial charge is 0.366 e. The van der Waals surface area contributed by atoms with Gasteiger partial charge in [-0.3, -0.25) is 4.79 Å². The van der Waals surface area contributed by atoms with E-state index in [2.05, 4.69) is 15.9 Å². The molecule has 0 atom stereocenters. The van der Waals surface area contributed by atoms with Crippen LogP contribution in [0.25, 0.3) is 10.9 Å². The van der Waals surface area contributed by atoms with Crippen LogP contribution in [0, 0.1) is 0 Å². The second-order valence-corrected chi connectivity index (χ2v) is 4.10. The predicted molar refractivity (Wildman–Crippen MR) is 59.1 cm³/mol. The Balaban J connectivity index is 2.84. The third-order valence-electron chi connectivity index (χ3n) is 2.22. The van der Waals surface area contributed by atoms with E-state index in [-0.39, 0.29) is 0 Å². The van der Waals surface area contributed by atoms with E-state index in [1.165, 1.54) is 0 Å². The van der Waals surface area contributed by atoms with E-state index in [0.29, 0.717) is 5.56 Å². The van der Waals surface area contributed by atoms with Crippen molar-refractivity contribution < 1.29 is 4.79 Å². The van der Waals surface area contributed by atoms with E-state index in [0.717, 1.165) is 15.4 Å². The molecule has 3 nitrogen and oxygen atoms in total. The number of halogens is 1. The van der Waals surface area contributed by atoms with Crippen molar-refractivity contribution in [1.82, 2.24) is 4.57 Å². The summed E-state index contributed by atoms with van der Waals surface area (Å²) in [5, 5.41) is 0.892. The molecule has 0 saturated heterocycles. The lowest BCUT2D eigenvalue weighted by atomic mass is 10.2. The zero-order valence-electron chi connectivity index (χ0n) is 7.62. The molecule has 1 aromatic carbocycles. The molecule has 0 saturated carbocycles. The maximum Gasteiger partial charge on any atom is 0.250 e. The summed E-state index contributed by atoms with van der Waals surface area (Å²) in [5.41, 5.74) is 6.83. The van der Waals surface area contributed by atoms with Crippen molar-refractivity contribution in [3.63, 3.8) is 0 Å². The van der Waals surface area contributed by atoms with Crippen molar-refractivity contribution in [3.8, 4) is 0 Å². The third-order valence-corrected chi connectivity index (χ3v) is 2.71. The average Bonchev–Trinajstić information content (AvgIpc) is 2.44. The van der Waals surface area contributed by atoms with Gasteiger partial charge >= 0.3 is 0 Å². The first-order valence-corrected chi connectivity index (χ1v) is 4.93. The first kappa shape index (κ1) is 9.27. The Morgan fingerprint density at radius 3 is 2.86 bits per heavy atom. The fraction of sp³-hybridized carbons (Fsp3) is 0.100. The standard InChI is InChI=1S/C10H9BrN2O/c1-13-5-8(10(12)14)7-3-2-6(11)4-9(7)13/h2-5H,1H3,(H2,12,14). The van der Waals surface area contributed by atoms with Gasteiger partial charge in [-0.15, -0.1) is 0 Å². The number of nitrogens with zero attached hydrogens (tertiary/aromatic N) is 1. The lowest BCUT2D eigenvalue weighted by Gasteiger charge is -1.96. The van der Waals surface area contributed by atoms with Gasteiger partial charge in [0.05, 0.1) is 5.56 Å². The number of benzene rings is 1. The monoisotopic (exact) mass is 252 g/mol. The number of aromatic nitrogens is 1. The second-order valence-electron chi connectivity index (χ2n) is 3.18. The van der Waals surface area contributed by atoms with E-state index in [1.807, 2.05) is 29.8 Å². The van der Waals surface area contributed by atoms with Gasteiger partial charge in [-0.1, -0.05) is 22.0 Å². The Bertz CT molecular complexity index is 516. The van der Waals surface area contributed by atoms with Crippen LogP contribution in [-0.2, 0) is 7.05 Å².